The van der Waals surface area contributed by atoms with Gasteiger partial charge in [0, 0.05) is 100 Å². The molecular formula is C77H135ClN28O3S2+2. The first-order valence-electron chi connectivity index (χ1n) is 38.0. The molecule has 0 atom stereocenters. The maximum atomic E-state index is 5.90. The van der Waals surface area contributed by atoms with Gasteiger partial charge in [-0.15, -0.1) is 10.2 Å². The molecule has 0 aliphatic carbocycles. The van der Waals surface area contributed by atoms with E-state index >= 15 is 0 Å². The molecule has 0 saturated carbocycles. The molecule has 0 bridgehead atoms. The Balaban J connectivity index is 0.000000606. The molecule has 12 aromatic rings. The Kier molecular flexibility index (Phi) is 50.0. The Morgan fingerprint density at radius 1 is 0.514 bits per heavy atom. The van der Waals surface area contributed by atoms with Gasteiger partial charge in [-0.2, -0.15) is 29.1 Å². The van der Waals surface area contributed by atoms with Gasteiger partial charge in [0.2, 0.25) is 24.9 Å². The number of H-pyrrole nitrogens is 2. The second kappa shape index (κ2) is 55.5. The molecule has 111 heavy (non-hydrogen) atoms. The summed E-state index contributed by atoms with van der Waals surface area (Å²) < 4.78 is 40.4. The molecule has 12 rings (SSSR count). The summed E-state index contributed by atoms with van der Waals surface area (Å²) in [6.45, 7) is 63.4. The Labute approximate surface area is 674 Å². The highest BCUT2D eigenvalue weighted by molar-refractivity contribution is 7.05. The first-order chi connectivity index (χ1) is 52.4. The number of nitrogens with one attached hydrogen (secondary N) is 2. The predicted molar refractivity (Wildman–Crippen MR) is 443 cm³/mol. The zero-order chi connectivity index (χ0) is 83.9. The average Bonchev–Trinajstić information content (AvgIpc) is 1.67. The lowest BCUT2D eigenvalue weighted by atomic mass is 10.2. The Morgan fingerprint density at radius 3 is 1.33 bits per heavy atom. The van der Waals surface area contributed by atoms with E-state index in [1.807, 2.05) is 97.1 Å². The van der Waals surface area contributed by atoms with Crippen LogP contribution in [0.1, 0.15) is 314 Å². The molecule has 34 heteroatoms. The van der Waals surface area contributed by atoms with Gasteiger partial charge >= 0.3 is 0 Å². The number of aryl methyl sites for hydroxylation is 6. The fraction of sp³-hybridized carbons (Fsp3) is 0.623. The molecule has 618 valence electrons. The monoisotopic (exact) mass is 1600 g/mol. The number of hydrogen-bond donors (Lipinski definition) is 2. The van der Waals surface area contributed by atoms with E-state index < -0.39 is 0 Å². The lowest BCUT2D eigenvalue weighted by Gasteiger charge is -2.06. The van der Waals surface area contributed by atoms with E-state index in [0.29, 0.717) is 91.2 Å². The molecule has 0 aromatic carbocycles. The highest BCUT2D eigenvalue weighted by Crippen LogP contribution is 2.19. The van der Waals surface area contributed by atoms with E-state index in [4.69, 9.17) is 25.5 Å². The van der Waals surface area contributed by atoms with Crippen molar-refractivity contribution in [3.63, 3.8) is 0 Å². The van der Waals surface area contributed by atoms with Crippen LogP contribution < -0.4 is 9.13 Å². The molecule has 0 unspecified atom stereocenters. The molecule has 0 aliphatic rings. The summed E-state index contributed by atoms with van der Waals surface area (Å²) in [5.41, 5.74) is 4.27. The second-order valence-corrected chi connectivity index (χ2v) is 30.7. The van der Waals surface area contributed by atoms with Gasteiger partial charge in [-0.05, 0) is 175 Å². The summed E-state index contributed by atoms with van der Waals surface area (Å²) in [5, 5.41) is 26.7. The molecule has 0 radical (unpaired) electrons. The van der Waals surface area contributed by atoms with E-state index in [2.05, 4.69) is 298 Å². The summed E-state index contributed by atoms with van der Waals surface area (Å²) in [5.74, 6) is 5.49. The van der Waals surface area contributed by atoms with Crippen LogP contribution in [0.5, 0.6) is 0 Å². The summed E-state index contributed by atoms with van der Waals surface area (Å²) >= 11 is 8.87. The lowest BCUT2D eigenvalue weighted by molar-refractivity contribution is -0.715. The Hall–Kier alpha value is -8.92. The maximum Gasteiger partial charge on any atom is 0.241 e. The normalized spacial score (nSPS) is 10.7. The van der Waals surface area contributed by atoms with E-state index in [1.165, 1.54) is 40.8 Å². The minimum atomic E-state index is 0.345. The fourth-order valence-electron chi connectivity index (χ4n) is 7.91. The molecule has 2 N–H and O–H groups in total. The van der Waals surface area contributed by atoms with Crippen LogP contribution in [-0.2, 0) is 35.5 Å². The number of aromatic amines is 2. The van der Waals surface area contributed by atoms with Gasteiger partial charge in [0.25, 0.3) is 0 Å². The molecule has 0 aliphatic heterocycles. The van der Waals surface area contributed by atoms with Gasteiger partial charge in [0.15, 0.2) is 5.82 Å². The summed E-state index contributed by atoms with van der Waals surface area (Å²) in [7, 11) is 3.31. The maximum absolute atomic E-state index is 5.90. The van der Waals surface area contributed by atoms with Crippen molar-refractivity contribution in [2.75, 3.05) is 14.2 Å². The molecule has 0 fully saturated rings. The quantitative estimate of drug-likeness (QED) is 0.0754. The van der Waals surface area contributed by atoms with Gasteiger partial charge in [-0.3, -0.25) is 23.7 Å². The van der Waals surface area contributed by atoms with Crippen molar-refractivity contribution in [2.24, 2.45) is 0 Å². The third-order valence-electron chi connectivity index (χ3n) is 14.8. The second-order valence-electron chi connectivity index (χ2n) is 28.8. The number of aromatic nitrogens is 28. The molecule has 12 aromatic heterocycles. The topological polar surface area (TPSA) is 325 Å². The largest absolute Gasteiger partial charge is 0.428 e. The Morgan fingerprint density at radius 2 is 1.06 bits per heavy atom. The molecule has 0 amide bonds. The third kappa shape index (κ3) is 42.3. The van der Waals surface area contributed by atoms with Gasteiger partial charge < -0.3 is 27.6 Å². The van der Waals surface area contributed by atoms with Crippen LogP contribution in [0.4, 0.5) is 0 Å². The number of rotatable bonds is 18. The van der Waals surface area contributed by atoms with E-state index in [-0.39, 0.29) is 0 Å². The predicted octanol–water partition coefficient (Wildman–Crippen LogP) is 17.4. The highest BCUT2D eigenvalue weighted by atomic mass is 35.5. The fourth-order valence-corrected chi connectivity index (χ4v) is 9.36. The van der Waals surface area contributed by atoms with Gasteiger partial charge in [0.05, 0.1) is 54.8 Å². The minimum Gasteiger partial charge on any atom is -0.428 e. The van der Waals surface area contributed by atoms with Crippen LogP contribution in [-0.4, -0.2) is 141 Å². The zero-order valence-electron chi connectivity index (χ0n) is 72.6. The molecule has 12 heterocycles. The highest BCUT2D eigenvalue weighted by Gasteiger charge is 2.09. The van der Waals surface area contributed by atoms with Crippen LogP contribution in [0.25, 0.3) is 0 Å². The molecule has 31 nitrogen and oxygen atoms in total. The van der Waals surface area contributed by atoms with Crippen LogP contribution in [0.2, 0.25) is 5.15 Å². The number of methoxy groups -OCH3 is 2. The SMILES string of the molecule is CC(C)[n+]1cc[nH]c1.CC(C)c1ncns1.CC(C)c1nnco1.CC(C)n1cncn1.CCc1cn(C(C)C)cn1.CCc1ncn(C(C)C)n1.COCc1cn(C(C)C)cn1.COCc1ncn(C(C)C)n1.Cc1c[n+](C(C)C)c[nH]1.Cc1ncn(C(C)C)c1Cl.Cc1ncn(C(C)C)n1.Cc1nsc(C(C)C)n1. The van der Waals surface area contributed by atoms with Crippen molar-refractivity contribution in [3.05, 3.63) is 174 Å². The van der Waals surface area contributed by atoms with Crippen LogP contribution >= 0.6 is 34.7 Å². The van der Waals surface area contributed by atoms with E-state index in [1.54, 1.807) is 63.2 Å². The van der Waals surface area contributed by atoms with Crippen molar-refractivity contribution in [3.8, 4) is 0 Å². The van der Waals surface area contributed by atoms with Crippen LogP contribution in [0.3, 0.4) is 0 Å². The smallest absolute Gasteiger partial charge is 0.241 e. The number of nitrogens with zero attached hydrogens (tertiary/aromatic N) is 26. The number of hydrogen-bond acceptors (Lipinski definition) is 22. The van der Waals surface area contributed by atoms with Crippen molar-refractivity contribution in [1.82, 2.24) is 127 Å². The van der Waals surface area contributed by atoms with Crippen LogP contribution in [0.15, 0.2) is 111 Å². The summed E-state index contributed by atoms with van der Waals surface area (Å²) in [6.07, 6.45) is 33.0. The zero-order valence-corrected chi connectivity index (χ0v) is 75.0. The third-order valence-corrected chi connectivity index (χ3v) is 17.4. The van der Waals surface area contributed by atoms with Crippen molar-refractivity contribution < 1.29 is 23.0 Å². The van der Waals surface area contributed by atoms with Crippen molar-refractivity contribution >= 4 is 34.7 Å². The number of imidazole rings is 5. The Bertz CT molecular complexity index is 3760. The average molecular weight is 1600 g/mol. The molecule has 0 spiro atoms. The minimum absolute atomic E-state index is 0.345. The van der Waals surface area contributed by atoms with Gasteiger partial charge in [-0.1, -0.05) is 67.0 Å². The van der Waals surface area contributed by atoms with Crippen molar-refractivity contribution in [1.29, 1.82) is 0 Å². The summed E-state index contributed by atoms with van der Waals surface area (Å²) in [6, 6.07) is 4.19. The first kappa shape index (κ1) is 100. The summed E-state index contributed by atoms with van der Waals surface area (Å²) in [4.78, 5) is 42.7. The number of halogens is 1. The van der Waals surface area contributed by atoms with Gasteiger partial charge in [-0.25, -0.2) is 59.0 Å². The standard InChI is InChI=1S/C8H14N2O.C8H14N2.C7H11ClN2.C7H13N3O.C7H13N3.C7H12N2.C6H11N3.C6H10N2S.C6H10N2.C5H9N3.C5H8N2O.C5H8N2S/c1-7(2)10-4-8(5-11-3)9-6-10;1-4-8-5-10(6-9-8)7(2)3;1-5(2)10-4-9-6(3)7(10)8;1-6(2)10-5-8-7(9-10)4-11-3;1-4-7-8-5-10(9-7)6(2)3;1-6(2)9-4-7(3)8-5-9;1-5(2)9-4-7-6(3)8-9;1-4(2)6-7-5(3)8-9-6;1-6(2)8-4-3-7-5-8;1-5(2)8-4-6-3-7-8;1-4(2)5-7-6-3-8-5;1-4(2)5-6-3-7-8-5/h4,6-7H,5H2,1-3H3;5-7H,4H2,1-3H3;4-5H,1-3H3;5-6H,4H2,1-3H3;5-6H,4H2,1-3H3;4-6H,1-3H3;4-5H,1-3H3;4H,1-3H3;3-6H,1-2H3;3-5H,1-2H3;2*3-4H,1-2H3/p+2. The van der Waals surface area contributed by atoms with E-state index in [9.17, 15) is 0 Å². The lowest BCUT2D eigenvalue weighted by Crippen LogP contribution is -2.32. The van der Waals surface area contributed by atoms with Crippen LogP contribution in [0, 0.1) is 27.7 Å². The number of ether oxygens (including phenoxy) is 2. The van der Waals surface area contributed by atoms with E-state index in [0.717, 1.165) is 62.7 Å². The molecular weight excluding hydrogens is 1460 g/mol. The molecule has 0 saturated heterocycles. The first-order valence-corrected chi connectivity index (χ1v) is 40.0. The van der Waals surface area contributed by atoms with Gasteiger partial charge in [0.1, 0.15) is 101 Å². The van der Waals surface area contributed by atoms with Crippen molar-refractivity contribution in [2.45, 2.75) is 306 Å².